The van der Waals surface area contributed by atoms with Gasteiger partial charge in [0.15, 0.2) is 0 Å². The van der Waals surface area contributed by atoms with Crippen LogP contribution in [0.3, 0.4) is 0 Å². The Hall–Kier alpha value is -1.73. The number of benzene rings is 1. The fourth-order valence-corrected chi connectivity index (χ4v) is 6.21. The van der Waals surface area contributed by atoms with E-state index in [1.54, 1.807) is 6.07 Å². The van der Waals surface area contributed by atoms with Crippen molar-refractivity contribution in [2.75, 3.05) is 13.6 Å². The van der Waals surface area contributed by atoms with Crippen molar-refractivity contribution < 1.29 is 4.39 Å². The standard InChI is InChI=1S/C30H44Cl2FN5/c1-5-21(6-2)9-7-8-10-25(13-14-35-4)38-19-24(18-37-38)23-16-22(30(34)36-17-23)15-20(3)28-26(31)11-12-27(33)29(28)32/h11-12,16-22,25,30,35H,5-10,13-15,34H2,1-4H3. The first-order valence-corrected chi connectivity index (χ1v) is 14.9. The van der Waals surface area contributed by atoms with Crippen molar-refractivity contribution in [3.05, 3.63) is 57.6 Å². The van der Waals surface area contributed by atoms with Crippen molar-refractivity contribution in [3.8, 4) is 0 Å². The largest absolute Gasteiger partial charge is 0.320 e. The maximum Gasteiger partial charge on any atom is 0.142 e. The van der Waals surface area contributed by atoms with Gasteiger partial charge in [-0.2, -0.15) is 5.10 Å². The summed E-state index contributed by atoms with van der Waals surface area (Å²) in [5, 5.41) is 8.59. The third-order valence-electron chi connectivity index (χ3n) is 8.01. The summed E-state index contributed by atoms with van der Waals surface area (Å²) in [6.07, 6.45) is 16.8. The molecule has 0 amide bonds. The van der Waals surface area contributed by atoms with E-state index in [0.717, 1.165) is 36.4 Å². The summed E-state index contributed by atoms with van der Waals surface area (Å²) in [5.41, 5.74) is 9.02. The quantitative estimate of drug-likeness (QED) is 0.170. The van der Waals surface area contributed by atoms with E-state index < -0.39 is 5.82 Å². The minimum Gasteiger partial charge on any atom is -0.320 e. The van der Waals surface area contributed by atoms with E-state index in [1.807, 2.05) is 26.4 Å². The number of dihydropyridines is 1. The summed E-state index contributed by atoms with van der Waals surface area (Å²) in [6.45, 7) is 7.54. The maximum absolute atomic E-state index is 14.1. The van der Waals surface area contributed by atoms with E-state index in [0.29, 0.717) is 23.0 Å². The number of aromatic nitrogens is 2. The number of nitrogens with one attached hydrogen (secondary N) is 1. The van der Waals surface area contributed by atoms with Gasteiger partial charge in [-0.05, 0) is 68.0 Å². The molecular weight excluding hydrogens is 520 g/mol. The van der Waals surface area contributed by atoms with Crippen LogP contribution in [0.4, 0.5) is 4.39 Å². The first-order valence-electron chi connectivity index (χ1n) is 14.1. The second-order valence-corrected chi connectivity index (χ2v) is 11.5. The average Bonchev–Trinajstić information content (AvgIpc) is 3.40. The highest BCUT2D eigenvalue weighted by Crippen LogP contribution is 2.38. The lowest BCUT2D eigenvalue weighted by Gasteiger charge is -2.26. The first-order chi connectivity index (χ1) is 18.3. The average molecular weight is 565 g/mol. The molecule has 0 fully saturated rings. The monoisotopic (exact) mass is 563 g/mol. The third-order valence-corrected chi connectivity index (χ3v) is 8.72. The molecule has 8 heteroatoms. The minimum atomic E-state index is -0.462. The molecule has 3 N–H and O–H groups in total. The lowest BCUT2D eigenvalue weighted by molar-refractivity contribution is 0.363. The molecule has 2 heterocycles. The Kier molecular flexibility index (Phi) is 12.3. The number of hydrogen-bond acceptors (Lipinski definition) is 4. The Balaban J connectivity index is 1.71. The van der Waals surface area contributed by atoms with E-state index in [1.165, 1.54) is 38.2 Å². The molecular formula is C30H44Cl2FN5. The van der Waals surface area contributed by atoms with Gasteiger partial charge < -0.3 is 11.1 Å². The Bertz CT molecular complexity index is 1080. The van der Waals surface area contributed by atoms with Crippen LogP contribution in [0.15, 0.2) is 35.6 Å². The van der Waals surface area contributed by atoms with Gasteiger partial charge in [0.1, 0.15) is 12.0 Å². The number of unbranched alkanes of at least 4 members (excludes halogenated alkanes) is 1. The highest BCUT2D eigenvalue weighted by Gasteiger charge is 2.26. The summed E-state index contributed by atoms with van der Waals surface area (Å²) < 4.78 is 16.2. The smallest absolute Gasteiger partial charge is 0.142 e. The van der Waals surface area contributed by atoms with E-state index >= 15 is 0 Å². The Labute approximate surface area is 238 Å². The minimum absolute atomic E-state index is 0.0334. The van der Waals surface area contributed by atoms with Crippen LogP contribution in [-0.2, 0) is 0 Å². The molecule has 1 aliphatic rings. The normalized spacial score (nSPS) is 19.1. The van der Waals surface area contributed by atoms with Gasteiger partial charge in [-0.3, -0.25) is 9.67 Å². The summed E-state index contributed by atoms with van der Waals surface area (Å²) in [7, 11) is 2.00. The van der Waals surface area contributed by atoms with Crippen LogP contribution >= 0.6 is 23.2 Å². The van der Waals surface area contributed by atoms with Crippen LogP contribution in [-0.4, -0.2) is 35.8 Å². The summed E-state index contributed by atoms with van der Waals surface area (Å²) in [6, 6.07) is 3.21. The lowest BCUT2D eigenvalue weighted by atomic mass is 9.86. The van der Waals surface area contributed by atoms with Gasteiger partial charge in [-0.25, -0.2) is 4.39 Å². The van der Waals surface area contributed by atoms with Gasteiger partial charge in [-0.15, -0.1) is 0 Å². The molecule has 5 nitrogen and oxygen atoms in total. The molecule has 2 aromatic rings. The second-order valence-electron chi connectivity index (χ2n) is 10.7. The Morgan fingerprint density at radius 1 is 1.13 bits per heavy atom. The molecule has 4 unspecified atom stereocenters. The van der Waals surface area contributed by atoms with Crippen molar-refractivity contribution in [3.63, 3.8) is 0 Å². The predicted molar refractivity (Wildman–Crippen MR) is 160 cm³/mol. The van der Waals surface area contributed by atoms with Gasteiger partial charge in [0.25, 0.3) is 0 Å². The molecule has 0 bridgehead atoms. The van der Waals surface area contributed by atoms with E-state index in [-0.39, 0.29) is 23.0 Å². The molecule has 1 aromatic heterocycles. The van der Waals surface area contributed by atoms with E-state index in [9.17, 15) is 4.39 Å². The van der Waals surface area contributed by atoms with Crippen molar-refractivity contribution in [1.29, 1.82) is 0 Å². The van der Waals surface area contributed by atoms with Crippen LogP contribution in [0.1, 0.15) is 95.2 Å². The lowest BCUT2D eigenvalue weighted by Crippen LogP contribution is -2.30. The highest BCUT2D eigenvalue weighted by atomic mass is 35.5. The van der Waals surface area contributed by atoms with Gasteiger partial charge in [0.05, 0.1) is 17.3 Å². The van der Waals surface area contributed by atoms with Crippen LogP contribution in [0.2, 0.25) is 10.0 Å². The van der Waals surface area contributed by atoms with Crippen LogP contribution < -0.4 is 11.1 Å². The zero-order valence-corrected chi connectivity index (χ0v) is 24.8. The number of rotatable bonds is 15. The number of nitrogens with zero attached hydrogens (tertiary/aromatic N) is 3. The molecule has 3 rings (SSSR count). The zero-order chi connectivity index (χ0) is 27.7. The van der Waals surface area contributed by atoms with Crippen LogP contribution in [0.25, 0.3) is 5.57 Å². The van der Waals surface area contributed by atoms with E-state index in [4.69, 9.17) is 34.0 Å². The molecule has 0 spiro atoms. The van der Waals surface area contributed by atoms with Crippen molar-refractivity contribution in [2.45, 2.75) is 90.3 Å². The maximum atomic E-state index is 14.1. The number of halogens is 3. The van der Waals surface area contributed by atoms with Crippen molar-refractivity contribution in [1.82, 2.24) is 15.1 Å². The van der Waals surface area contributed by atoms with Crippen LogP contribution in [0.5, 0.6) is 0 Å². The molecule has 0 saturated carbocycles. The summed E-state index contributed by atoms with van der Waals surface area (Å²) in [5.74, 6) is 0.264. The van der Waals surface area contributed by atoms with Gasteiger partial charge in [-0.1, -0.05) is 82.2 Å². The topological polar surface area (TPSA) is 68.2 Å². The predicted octanol–water partition coefficient (Wildman–Crippen LogP) is 8.04. The van der Waals surface area contributed by atoms with Crippen LogP contribution in [0, 0.1) is 17.7 Å². The first kappa shape index (κ1) is 30.8. The summed E-state index contributed by atoms with van der Waals surface area (Å²) >= 11 is 12.6. The van der Waals surface area contributed by atoms with Gasteiger partial charge >= 0.3 is 0 Å². The molecule has 4 atom stereocenters. The molecule has 210 valence electrons. The Morgan fingerprint density at radius 3 is 2.58 bits per heavy atom. The van der Waals surface area contributed by atoms with E-state index in [2.05, 4.69) is 41.1 Å². The second kappa shape index (κ2) is 15.2. The molecule has 0 saturated heterocycles. The summed E-state index contributed by atoms with van der Waals surface area (Å²) in [4.78, 5) is 4.57. The number of nitrogens with two attached hydrogens (primary N) is 1. The zero-order valence-electron chi connectivity index (χ0n) is 23.3. The fourth-order valence-electron chi connectivity index (χ4n) is 5.46. The highest BCUT2D eigenvalue weighted by molar-refractivity contribution is 6.36. The molecule has 0 aliphatic carbocycles. The van der Waals surface area contributed by atoms with Gasteiger partial charge in [0, 0.05) is 28.9 Å². The Morgan fingerprint density at radius 2 is 1.87 bits per heavy atom. The third kappa shape index (κ3) is 8.14. The van der Waals surface area contributed by atoms with Gasteiger partial charge in [0.2, 0.25) is 0 Å². The molecule has 38 heavy (non-hydrogen) atoms. The molecule has 1 aromatic carbocycles. The van der Waals surface area contributed by atoms with Crippen molar-refractivity contribution in [2.24, 2.45) is 22.6 Å². The molecule has 0 radical (unpaired) electrons. The number of allylic oxidation sites excluding steroid dienone is 1. The van der Waals surface area contributed by atoms with Crippen molar-refractivity contribution >= 4 is 35.0 Å². The SMILES string of the molecule is CCC(CC)CCCCC(CCNC)n1cc(C2=CC(CC(C)c3c(Cl)ccc(F)c3Cl)C(N)N=C2)cn1. The number of hydrogen-bond donors (Lipinski definition) is 2. The molecule has 1 aliphatic heterocycles. The number of aliphatic imine (C=N–C) groups is 1. The fraction of sp³-hybridized carbons (Fsp3) is 0.600.